The zero-order valence-electron chi connectivity index (χ0n) is 16.1. The minimum Gasteiger partial charge on any atom is -0.369 e. The highest BCUT2D eigenvalue weighted by molar-refractivity contribution is 9.10. The Morgan fingerprint density at radius 3 is 2.33 bits per heavy atom. The maximum Gasteiger partial charge on any atom is 0.265 e. The molecule has 9 heteroatoms. The average molecular weight is 489 g/mol. The lowest BCUT2D eigenvalue weighted by atomic mass is 9.76. The Hall–Kier alpha value is -2.91. The maximum absolute atomic E-state index is 13.1. The second-order valence-electron chi connectivity index (χ2n) is 6.91. The Labute approximate surface area is 184 Å². The van der Waals surface area contributed by atoms with Crippen molar-refractivity contribution in [2.75, 3.05) is 0 Å². The minimum absolute atomic E-state index is 0.0682. The number of benzene rings is 1. The standard InChI is InChI=1S/C21H17BrN2O5S/c1-11-16(12(2)25)19(21(20(23)27)9-7-15(8-10-21)24(28)29)30-18(11)17(26)13-3-5-14(22)6-4-13/h3-9H,10H2,1-2H3,(H2,23,27). The smallest absolute Gasteiger partial charge is 0.265 e. The van der Waals surface area contributed by atoms with E-state index in [9.17, 15) is 24.5 Å². The van der Waals surface area contributed by atoms with Crippen molar-refractivity contribution in [3.63, 3.8) is 0 Å². The van der Waals surface area contributed by atoms with Crippen molar-refractivity contribution >= 4 is 44.7 Å². The van der Waals surface area contributed by atoms with E-state index in [0.717, 1.165) is 15.8 Å². The Kier molecular flexibility index (Phi) is 5.87. The number of nitrogens with zero attached hydrogens (tertiary/aromatic N) is 1. The summed E-state index contributed by atoms with van der Waals surface area (Å²) in [5.74, 6) is -1.34. The first-order valence-electron chi connectivity index (χ1n) is 8.87. The summed E-state index contributed by atoms with van der Waals surface area (Å²) in [5, 5.41) is 11.0. The first-order valence-corrected chi connectivity index (χ1v) is 10.5. The molecule has 1 aromatic carbocycles. The van der Waals surface area contributed by atoms with Crippen molar-refractivity contribution < 1.29 is 19.3 Å². The van der Waals surface area contributed by atoms with E-state index < -0.39 is 16.2 Å². The van der Waals surface area contributed by atoms with Crippen LogP contribution in [-0.4, -0.2) is 22.4 Å². The molecule has 1 amide bonds. The van der Waals surface area contributed by atoms with E-state index in [-0.39, 0.29) is 29.2 Å². The number of rotatable bonds is 6. The van der Waals surface area contributed by atoms with Crippen LogP contribution in [0.5, 0.6) is 0 Å². The molecular weight excluding hydrogens is 472 g/mol. The van der Waals surface area contributed by atoms with E-state index in [1.807, 2.05) is 0 Å². The van der Waals surface area contributed by atoms with Gasteiger partial charge in [0.25, 0.3) is 5.70 Å². The van der Waals surface area contributed by atoms with Crippen molar-refractivity contribution in [3.05, 3.63) is 89.2 Å². The molecule has 2 N–H and O–H groups in total. The van der Waals surface area contributed by atoms with Crippen LogP contribution in [0.15, 0.2) is 52.7 Å². The van der Waals surface area contributed by atoms with Crippen molar-refractivity contribution in [1.82, 2.24) is 0 Å². The summed E-state index contributed by atoms with van der Waals surface area (Å²) < 4.78 is 0.820. The highest BCUT2D eigenvalue weighted by Crippen LogP contribution is 2.43. The molecule has 1 atom stereocenters. The lowest BCUT2D eigenvalue weighted by molar-refractivity contribution is -0.419. The summed E-state index contributed by atoms with van der Waals surface area (Å²) >= 11 is 4.36. The predicted octanol–water partition coefficient (Wildman–Crippen LogP) is 4.10. The highest BCUT2D eigenvalue weighted by Gasteiger charge is 2.43. The summed E-state index contributed by atoms with van der Waals surface area (Å²) in [5.41, 5.74) is 5.27. The molecule has 154 valence electrons. The van der Waals surface area contributed by atoms with Crippen LogP contribution in [0.3, 0.4) is 0 Å². The molecule has 1 heterocycles. The number of halogens is 1. The van der Waals surface area contributed by atoms with Crippen LogP contribution in [-0.2, 0) is 10.2 Å². The van der Waals surface area contributed by atoms with Crippen molar-refractivity contribution in [2.24, 2.45) is 5.73 Å². The molecule has 0 fully saturated rings. The Morgan fingerprint density at radius 2 is 1.87 bits per heavy atom. The molecule has 30 heavy (non-hydrogen) atoms. The third-order valence-electron chi connectivity index (χ3n) is 5.04. The molecule has 1 aliphatic rings. The van der Waals surface area contributed by atoms with E-state index in [0.29, 0.717) is 20.9 Å². The van der Waals surface area contributed by atoms with Gasteiger partial charge >= 0.3 is 0 Å². The lowest BCUT2D eigenvalue weighted by Gasteiger charge is -2.27. The van der Waals surface area contributed by atoms with E-state index in [2.05, 4.69) is 15.9 Å². The molecule has 0 spiro atoms. The molecule has 0 saturated carbocycles. The van der Waals surface area contributed by atoms with Crippen LogP contribution in [0, 0.1) is 17.0 Å². The van der Waals surface area contributed by atoms with Crippen LogP contribution in [0.2, 0.25) is 0 Å². The Balaban J connectivity index is 2.18. The number of carbonyl (C=O) groups excluding carboxylic acids is 3. The molecule has 0 saturated heterocycles. The zero-order valence-corrected chi connectivity index (χ0v) is 18.5. The number of primary amides is 1. The van der Waals surface area contributed by atoms with E-state index >= 15 is 0 Å². The first kappa shape index (κ1) is 21.8. The van der Waals surface area contributed by atoms with Gasteiger partial charge in [0.05, 0.1) is 9.80 Å². The van der Waals surface area contributed by atoms with E-state index in [1.54, 1.807) is 31.2 Å². The molecule has 0 radical (unpaired) electrons. The van der Waals surface area contributed by atoms with E-state index in [4.69, 9.17) is 5.73 Å². The largest absolute Gasteiger partial charge is 0.369 e. The zero-order chi connectivity index (χ0) is 22.2. The van der Waals surface area contributed by atoms with Gasteiger partial charge < -0.3 is 5.73 Å². The maximum atomic E-state index is 13.1. The van der Waals surface area contributed by atoms with Crippen LogP contribution < -0.4 is 5.73 Å². The van der Waals surface area contributed by atoms with Crippen molar-refractivity contribution in [3.8, 4) is 0 Å². The monoisotopic (exact) mass is 488 g/mol. The number of nitro groups is 1. The minimum atomic E-state index is -1.44. The molecule has 0 aliphatic heterocycles. The number of thiophene rings is 1. The number of nitrogens with two attached hydrogens (primary N) is 1. The van der Waals surface area contributed by atoms with Gasteiger partial charge in [-0.05, 0) is 56.2 Å². The van der Waals surface area contributed by atoms with Crippen LogP contribution >= 0.6 is 27.3 Å². The van der Waals surface area contributed by atoms with Gasteiger partial charge in [0.1, 0.15) is 5.41 Å². The van der Waals surface area contributed by atoms with Gasteiger partial charge in [0, 0.05) is 26.6 Å². The fourth-order valence-electron chi connectivity index (χ4n) is 3.43. The number of Topliss-reactive ketones (excluding diaryl/α,β-unsaturated/α-hetero) is 1. The number of allylic oxidation sites excluding steroid dienone is 2. The van der Waals surface area contributed by atoms with Crippen LogP contribution in [0.25, 0.3) is 0 Å². The molecule has 1 aliphatic carbocycles. The van der Waals surface area contributed by atoms with Gasteiger partial charge in [-0.1, -0.05) is 22.0 Å². The summed E-state index contributed by atoms with van der Waals surface area (Å²) in [6, 6.07) is 6.80. The second kappa shape index (κ2) is 8.08. The highest BCUT2D eigenvalue weighted by atomic mass is 79.9. The van der Waals surface area contributed by atoms with Gasteiger partial charge in [-0.3, -0.25) is 24.5 Å². The topological polar surface area (TPSA) is 120 Å². The number of ketones is 2. The van der Waals surface area contributed by atoms with Crippen molar-refractivity contribution in [2.45, 2.75) is 25.7 Å². The summed E-state index contributed by atoms with van der Waals surface area (Å²) in [7, 11) is 0. The number of amides is 1. The SMILES string of the molecule is CC(=O)c1c(C2(C(N)=O)C=CC([N+](=O)[O-])=CC2)sc(C(=O)c2ccc(Br)cc2)c1C. The summed E-state index contributed by atoms with van der Waals surface area (Å²) in [6.07, 6.45) is 3.81. The number of hydrogen-bond donors (Lipinski definition) is 1. The molecular formula is C21H17BrN2O5S. The number of hydrogen-bond acceptors (Lipinski definition) is 6. The Bertz CT molecular complexity index is 1150. The van der Waals surface area contributed by atoms with Gasteiger partial charge in [0.15, 0.2) is 5.78 Å². The quantitative estimate of drug-likeness (QED) is 0.372. The normalized spacial score (nSPS) is 18.0. The lowest BCUT2D eigenvalue weighted by Crippen LogP contribution is -2.40. The number of carbonyl (C=O) groups is 3. The van der Waals surface area contributed by atoms with Gasteiger partial charge in [-0.2, -0.15) is 0 Å². The van der Waals surface area contributed by atoms with Gasteiger partial charge in [-0.15, -0.1) is 11.3 Å². The molecule has 2 aromatic rings. The third kappa shape index (κ3) is 3.66. The predicted molar refractivity (Wildman–Crippen MR) is 116 cm³/mol. The fraction of sp³-hybridized carbons (Fsp3) is 0.190. The average Bonchev–Trinajstić information content (AvgIpc) is 3.05. The molecule has 0 bridgehead atoms. The molecule has 1 unspecified atom stereocenters. The summed E-state index contributed by atoms with van der Waals surface area (Å²) in [4.78, 5) is 49.2. The molecule has 7 nitrogen and oxygen atoms in total. The van der Waals surface area contributed by atoms with Crippen LogP contribution in [0.1, 0.15) is 49.4 Å². The molecule has 3 rings (SSSR count). The third-order valence-corrected chi connectivity index (χ3v) is 7.04. The summed E-state index contributed by atoms with van der Waals surface area (Å²) in [6.45, 7) is 3.01. The molecule has 1 aromatic heterocycles. The van der Waals surface area contributed by atoms with E-state index in [1.165, 1.54) is 25.2 Å². The van der Waals surface area contributed by atoms with Gasteiger partial charge in [0.2, 0.25) is 11.7 Å². The van der Waals surface area contributed by atoms with Crippen LogP contribution in [0.4, 0.5) is 0 Å². The van der Waals surface area contributed by atoms with Crippen molar-refractivity contribution in [1.29, 1.82) is 0 Å². The second-order valence-corrected chi connectivity index (χ2v) is 8.85. The first-order chi connectivity index (χ1) is 14.1. The fourth-order valence-corrected chi connectivity index (χ4v) is 5.20. The van der Waals surface area contributed by atoms with Gasteiger partial charge in [-0.25, -0.2) is 0 Å². The Morgan fingerprint density at radius 1 is 1.23 bits per heavy atom.